The fourth-order valence-electron chi connectivity index (χ4n) is 1.85. The molecule has 0 fully saturated rings. The summed E-state index contributed by atoms with van der Waals surface area (Å²) < 4.78 is 9.84. The number of carbonyl (C=O) groups is 2. The minimum atomic E-state index is -0.835. The number of allylic oxidation sites excluding steroid dienone is 3. The number of hydrogen-bond acceptors (Lipinski definition) is 5. The molecule has 0 aromatic heterocycles. The summed E-state index contributed by atoms with van der Waals surface area (Å²) in [6, 6.07) is 6.23. The Kier molecular flexibility index (Phi) is 4.49. The summed E-state index contributed by atoms with van der Waals surface area (Å²) in [6.07, 6.45) is 6.29. The minimum absolute atomic E-state index is 0.0857. The van der Waals surface area contributed by atoms with Crippen LogP contribution in [0.1, 0.15) is 10.4 Å². The first kappa shape index (κ1) is 14.5. The van der Waals surface area contributed by atoms with Crippen molar-refractivity contribution in [1.29, 1.82) is 0 Å². The van der Waals surface area contributed by atoms with Gasteiger partial charge < -0.3 is 9.47 Å². The van der Waals surface area contributed by atoms with Crippen molar-refractivity contribution in [2.24, 2.45) is 5.92 Å². The second kappa shape index (κ2) is 6.50. The number of para-hydroxylation sites is 1. The molecule has 1 aromatic rings. The number of methoxy groups -OCH3 is 1. The molecule has 1 aliphatic rings. The summed E-state index contributed by atoms with van der Waals surface area (Å²) in [7, 11) is 1.24. The van der Waals surface area contributed by atoms with Gasteiger partial charge in [0.05, 0.1) is 12.7 Å². The molecule has 0 saturated heterocycles. The Morgan fingerprint density at radius 2 is 1.95 bits per heavy atom. The highest BCUT2D eigenvalue weighted by Gasteiger charge is 2.25. The highest BCUT2D eigenvalue weighted by atomic mass is 16.5. The van der Waals surface area contributed by atoms with Gasteiger partial charge in [0.15, 0.2) is 0 Å². The Labute approximate surface area is 121 Å². The van der Waals surface area contributed by atoms with Gasteiger partial charge in [-0.15, -0.1) is 0 Å². The molecule has 0 radical (unpaired) electrons. The van der Waals surface area contributed by atoms with E-state index in [0.717, 1.165) is 0 Å². The molecule has 1 aromatic carbocycles. The monoisotopic (exact) mass is 284 g/mol. The summed E-state index contributed by atoms with van der Waals surface area (Å²) in [5.41, 5.74) is 0.318. The quantitative estimate of drug-likeness (QED) is 0.481. The molecule has 5 heteroatoms. The number of rotatable bonds is 3. The second-order valence-corrected chi connectivity index (χ2v) is 4.19. The predicted molar refractivity (Wildman–Crippen MR) is 74.4 cm³/mol. The third kappa shape index (κ3) is 3.16. The van der Waals surface area contributed by atoms with Crippen LogP contribution in [0.25, 0.3) is 0 Å². The minimum Gasteiger partial charge on any atom is -0.465 e. The van der Waals surface area contributed by atoms with Crippen LogP contribution in [0.5, 0.6) is 5.75 Å². The molecule has 0 N–H and O–H groups in total. The first-order chi connectivity index (χ1) is 10.2. The van der Waals surface area contributed by atoms with Crippen LogP contribution in [-0.2, 0) is 14.3 Å². The van der Waals surface area contributed by atoms with Gasteiger partial charge in [-0.2, -0.15) is 0 Å². The third-order valence-electron chi connectivity index (χ3n) is 2.90. The van der Waals surface area contributed by atoms with Gasteiger partial charge in [-0.05, 0) is 18.2 Å². The highest BCUT2D eigenvalue weighted by Crippen LogP contribution is 2.23. The zero-order valence-electron chi connectivity index (χ0n) is 11.2. The van der Waals surface area contributed by atoms with Crippen molar-refractivity contribution in [3.8, 4) is 5.75 Å². The summed E-state index contributed by atoms with van der Waals surface area (Å²) >= 11 is 0. The van der Waals surface area contributed by atoms with Gasteiger partial charge in [-0.3, -0.25) is 4.79 Å². The molecule has 0 spiro atoms. The van der Waals surface area contributed by atoms with Crippen LogP contribution < -0.4 is 4.74 Å². The maximum Gasteiger partial charge on any atom is 0.341 e. The van der Waals surface area contributed by atoms with E-state index in [0.29, 0.717) is 0 Å². The summed E-state index contributed by atoms with van der Waals surface area (Å²) in [5, 5.41) is 0. The number of esters is 2. The smallest absolute Gasteiger partial charge is 0.341 e. The van der Waals surface area contributed by atoms with Crippen LogP contribution >= 0.6 is 0 Å². The lowest BCUT2D eigenvalue weighted by Gasteiger charge is -2.14. The molecule has 0 saturated carbocycles. The van der Waals surface area contributed by atoms with Crippen molar-refractivity contribution in [2.45, 2.75) is 0 Å². The Morgan fingerprint density at radius 3 is 2.67 bits per heavy atom. The summed E-state index contributed by atoms with van der Waals surface area (Å²) in [6.45, 7) is 0. The van der Waals surface area contributed by atoms with Gasteiger partial charge in [0, 0.05) is 0 Å². The lowest BCUT2D eigenvalue weighted by Crippen LogP contribution is -2.22. The lowest BCUT2D eigenvalue weighted by molar-refractivity contribution is -0.136. The largest absolute Gasteiger partial charge is 0.465 e. The van der Waals surface area contributed by atoms with E-state index in [-0.39, 0.29) is 16.9 Å². The van der Waals surface area contributed by atoms with E-state index in [2.05, 4.69) is 4.74 Å². The molecule has 0 amide bonds. The molecular formula is C16H12O5. The molecule has 0 bridgehead atoms. The van der Waals surface area contributed by atoms with E-state index in [1.165, 1.54) is 31.4 Å². The fraction of sp³-hybridized carbons (Fsp3) is 0.125. The topological polar surface area (TPSA) is 69.7 Å². The molecule has 106 valence electrons. The van der Waals surface area contributed by atoms with Gasteiger partial charge in [0.2, 0.25) is 0 Å². The van der Waals surface area contributed by atoms with E-state index < -0.39 is 17.9 Å². The second-order valence-electron chi connectivity index (χ2n) is 4.19. The Bertz CT molecular complexity index is 678. The van der Waals surface area contributed by atoms with Crippen LogP contribution in [0.3, 0.4) is 0 Å². The lowest BCUT2D eigenvalue weighted by atomic mass is 9.96. The molecule has 2 rings (SSSR count). The third-order valence-corrected chi connectivity index (χ3v) is 2.90. The number of hydrogen-bond donors (Lipinski definition) is 0. The van der Waals surface area contributed by atoms with Crippen molar-refractivity contribution in [3.63, 3.8) is 0 Å². The molecule has 1 unspecified atom stereocenters. The highest BCUT2D eigenvalue weighted by molar-refractivity contribution is 5.94. The average molecular weight is 284 g/mol. The molecule has 21 heavy (non-hydrogen) atoms. The number of benzene rings is 1. The van der Waals surface area contributed by atoms with Gasteiger partial charge in [0.1, 0.15) is 23.2 Å². The van der Waals surface area contributed by atoms with E-state index in [1.807, 2.05) is 0 Å². The maximum atomic E-state index is 12.1. The zero-order chi connectivity index (χ0) is 15.2. The van der Waals surface area contributed by atoms with Crippen LogP contribution in [0, 0.1) is 5.92 Å². The van der Waals surface area contributed by atoms with E-state index in [1.54, 1.807) is 30.2 Å². The predicted octanol–water partition coefficient (Wildman–Crippen LogP) is 1.88. The van der Waals surface area contributed by atoms with Crippen molar-refractivity contribution in [1.82, 2.24) is 0 Å². The Morgan fingerprint density at radius 1 is 1.19 bits per heavy atom. The Hall–Kier alpha value is -2.91. The van der Waals surface area contributed by atoms with Crippen LogP contribution in [0.4, 0.5) is 0 Å². The van der Waals surface area contributed by atoms with Crippen molar-refractivity contribution in [3.05, 3.63) is 59.7 Å². The molecule has 5 nitrogen and oxygen atoms in total. The fourth-order valence-corrected chi connectivity index (χ4v) is 1.85. The summed E-state index contributed by atoms with van der Waals surface area (Å²) in [4.78, 5) is 34.6. The first-order valence-electron chi connectivity index (χ1n) is 6.16. The van der Waals surface area contributed by atoms with Gasteiger partial charge in [0.25, 0.3) is 0 Å². The maximum absolute atomic E-state index is 12.1. The Balaban J connectivity index is 2.25. The van der Waals surface area contributed by atoms with Crippen molar-refractivity contribution < 1.29 is 23.9 Å². The zero-order valence-corrected chi connectivity index (χ0v) is 11.2. The average Bonchev–Trinajstić information content (AvgIpc) is 2.54. The molecule has 0 heterocycles. The normalized spacial score (nSPS) is 16.2. The van der Waals surface area contributed by atoms with E-state index in [4.69, 9.17) is 4.74 Å². The number of carbonyl (C=O) groups excluding carboxylic acids is 3. The molecular weight excluding hydrogens is 272 g/mol. The van der Waals surface area contributed by atoms with E-state index in [9.17, 15) is 14.4 Å². The van der Waals surface area contributed by atoms with Gasteiger partial charge >= 0.3 is 11.9 Å². The van der Waals surface area contributed by atoms with Crippen LogP contribution in [0.2, 0.25) is 0 Å². The first-order valence-corrected chi connectivity index (χ1v) is 6.16. The standard InChI is InChI=1S/C16H12O5/c1-20-15(18)13-8-4-5-9-14(13)21-16(19)12-7-3-2-6-11(12)10-17/h2-9,12H,1H3. The van der Waals surface area contributed by atoms with E-state index >= 15 is 0 Å². The molecule has 1 atom stereocenters. The van der Waals surface area contributed by atoms with Gasteiger partial charge in [-0.1, -0.05) is 30.4 Å². The molecule has 1 aliphatic carbocycles. The van der Waals surface area contributed by atoms with Gasteiger partial charge in [-0.25, -0.2) is 9.59 Å². The van der Waals surface area contributed by atoms with Crippen molar-refractivity contribution >= 4 is 17.9 Å². The van der Waals surface area contributed by atoms with Crippen LogP contribution in [0.15, 0.2) is 54.1 Å². The van der Waals surface area contributed by atoms with Crippen molar-refractivity contribution in [2.75, 3.05) is 7.11 Å². The number of ether oxygens (including phenoxy) is 2. The van der Waals surface area contributed by atoms with Crippen LogP contribution in [-0.4, -0.2) is 25.0 Å². The summed E-state index contributed by atoms with van der Waals surface area (Å²) in [5.74, 6) is -0.313. The molecule has 0 aliphatic heterocycles. The SMILES string of the molecule is COC(=O)c1ccccc1OC(=O)C1C=CC=CC1=C=O.